The summed E-state index contributed by atoms with van der Waals surface area (Å²) in [7, 11) is 1.30. The van der Waals surface area contributed by atoms with Gasteiger partial charge in [0.15, 0.2) is 0 Å². The van der Waals surface area contributed by atoms with E-state index in [0.29, 0.717) is 22.4 Å². The summed E-state index contributed by atoms with van der Waals surface area (Å²) in [6, 6.07) is 23.1. The Bertz CT molecular complexity index is 1350. The van der Waals surface area contributed by atoms with E-state index in [9.17, 15) is 18.4 Å². The zero-order valence-electron chi connectivity index (χ0n) is 18.8. The van der Waals surface area contributed by atoms with E-state index in [-0.39, 0.29) is 17.9 Å². The standard InChI is InChI=1S/C28H21F2NO4/c1-34-28(33)19-8-6-18(7-9-19)17-31-27(32)24-16-20(23-4-2-3-5-25(23)30)10-15-26(24)35-22-13-11-21(29)12-14-22/h2-16H,17H2,1H3,(H,31,32). The van der Waals surface area contributed by atoms with Crippen LogP contribution < -0.4 is 10.1 Å². The lowest BCUT2D eigenvalue weighted by atomic mass is 10.0. The fraction of sp³-hybridized carbons (Fsp3) is 0.0714. The van der Waals surface area contributed by atoms with Gasteiger partial charge in [0.2, 0.25) is 0 Å². The number of nitrogens with one attached hydrogen (secondary N) is 1. The molecular formula is C28H21F2NO4. The molecule has 4 rings (SSSR count). The van der Waals surface area contributed by atoms with Crippen LogP contribution in [0.4, 0.5) is 8.78 Å². The third-order valence-electron chi connectivity index (χ3n) is 5.28. The third-order valence-corrected chi connectivity index (χ3v) is 5.28. The van der Waals surface area contributed by atoms with Crippen molar-refractivity contribution in [3.63, 3.8) is 0 Å². The summed E-state index contributed by atoms with van der Waals surface area (Å²) in [5, 5.41) is 2.82. The maximum atomic E-state index is 14.4. The average molecular weight is 473 g/mol. The molecule has 4 aromatic carbocycles. The highest BCUT2D eigenvalue weighted by Crippen LogP contribution is 2.31. The van der Waals surface area contributed by atoms with E-state index in [1.54, 1.807) is 60.7 Å². The van der Waals surface area contributed by atoms with Gasteiger partial charge < -0.3 is 14.8 Å². The van der Waals surface area contributed by atoms with Gasteiger partial charge in [-0.1, -0.05) is 36.4 Å². The Labute approximate surface area is 200 Å². The number of hydrogen-bond acceptors (Lipinski definition) is 4. The fourth-order valence-electron chi connectivity index (χ4n) is 3.44. The van der Waals surface area contributed by atoms with Crippen LogP contribution in [-0.2, 0) is 11.3 Å². The molecule has 176 valence electrons. The molecule has 0 unspecified atom stereocenters. The Kier molecular flexibility index (Phi) is 7.16. The number of ether oxygens (including phenoxy) is 2. The number of halogens is 2. The van der Waals surface area contributed by atoms with Crippen LogP contribution in [0.1, 0.15) is 26.3 Å². The quantitative estimate of drug-likeness (QED) is 0.328. The molecular weight excluding hydrogens is 452 g/mol. The van der Waals surface area contributed by atoms with Gasteiger partial charge in [-0.15, -0.1) is 0 Å². The van der Waals surface area contributed by atoms with Crippen molar-refractivity contribution in [1.29, 1.82) is 0 Å². The fourth-order valence-corrected chi connectivity index (χ4v) is 3.44. The molecule has 0 bridgehead atoms. The maximum Gasteiger partial charge on any atom is 0.337 e. The molecule has 1 amide bonds. The van der Waals surface area contributed by atoms with Crippen molar-refractivity contribution >= 4 is 11.9 Å². The van der Waals surface area contributed by atoms with Crippen LogP contribution in [0.3, 0.4) is 0 Å². The molecule has 35 heavy (non-hydrogen) atoms. The van der Waals surface area contributed by atoms with Gasteiger partial charge in [-0.05, 0) is 65.7 Å². The molecule has 0 aromatic heterocycles. The minimum Gasteiger partial charge on any atom is -0.465 e. The first-order chi connectivity index (χ1) is 16.9. The van der Waals surface area contributed by atoms with Crippen LogP contribution in [0.15, 0.2) is 91.0 Å². The lowest BCUT2D eigenvalue weighted by molar-refractivity contribution is 0.0600. The first kappa shape index (κ1) is 23.6. The second kappa shape index (κ2) is 10.6. The number of esters is 1. The summed E-state index contributed by atoms with van der Waals surface area (Å²) in [5.74, 6) is -1.15. The predicted octanol–water partition coefficient (Wildman–Crippen LogP) is 6.14. The Morgan fingerprint density at radius 3 is 2.26 bits per heavy atom. The van der Waals surface area contributed by atoms with Crippen molar-refractivity contribution < 1.29 is 27.8 Å². The van der Waals surface area contributed by atoms with Crippen LogP contribution >= 0.6 is 0 Å². The van der Waals surface area contributed by atoms with E-state index in [0.717, 1.165) is 5.56 Å². The van der Waals surface area contributed by atoms with Gasteiger partial charge in [0.25, 0.3) is 5.91 Å². The van der Waals surface area contributed by atoms with Gasteiger partial charge in [-0.3, -0.25) is 4.79 Å². The molecule has 0 saturated heterocycles. The van der Waals surface area contributed by atoms with Crippen LogP contribution in [0, 0.1) is 11.6 Å². The summed E-state index contributed by atoms with van der Waals surface area (Å²) in [6.07, 6.45) is 0. The van der Waals surface area contributed by atoms with Crippen molar-refractivity contribution in [2.24, 2.45) is 0 Å². The number of benzene rings is 4. The van der Waals surface area contributed by atoms with E-state index < -0.39 is 23.5 Å². The molecule has 0 fully saturated rings. The molecule has 0 saturated carbocycles. The van der Waals surface area contributed by atoms with Crippen LogP contribution in [0.25, 0.3) is 11.1 Å². The maximum absolute atomic E-state index is 14.4. The van der Waals surface area contributed by atoms with Crippen molar-refractivity contribution in [1.82, 2.24) is 5.32 Å². The highest BCUT2D eigenvalue weighted by Gasteiger charge is 2.17. The Hall–Kier alpha value is -4.52. The smallest absolute Gasteiger partial charge is 0.337 e. The zero-order chi connectivity index (χ0) is 24.8. The van der Waals surface area contributed by atoms with E-state index >= 15 is 0 Å². The predicted molar refractivity (Wildman–Crippen MR) is 127 cm³/mol. The van der Waals surface area contributed by atoms with E-state index in [2.05, 4.69) is 10.1 Å². The Morgan fingerprint density at radius 2 is 1.57 bits per heavy atom. The summed E-state index contributed by atoms with van der Waals surface area (Å²) in [4.78, 5) is 24.8. The average Bonchev–Trinajstić information content (AvgIpc) is 2.89. The van der Waals surface area contributed by atoms with Gasteiger partial charge in [0, 0.05) is 12.1 Å². The van der Waals surface area contributed by atoms with Crippen molar-refractivity contribution in [2.45, 2.75) is 6.54 Å². The number of amides is 1. The number of carbonyl (C=O) groups is 2. The van der Waals surface area contributed by atoms with Crippen molar-refractivity contribution in [3.05, 3.63) is 119 Å². The number of methoxy groups -OCH3 is 1. The summed E-state index contributed by atoms with van der Waals surface area (Å²) in [5.41, 5.74) is 2.18. The topological polar surface area (TPSA) is 64.6 Å². The van der Waals surface area contributed by atoms with Gasteiger partial charge in [-0.25, -0.2) is 13.6 Å². The van der Waals surface area contributed by atoms with Crippen molar-refractivity contribution in [2.75, 3.05) is 7.11 Å². The van der Waals surface area contributed by atoms with E-state index in [4.69, 9.17) is 4.74 Å². The number of hydrogen-bond donors (Lipinski definition) is 1. The second-order valence-electron chi connectivity index (χ2n) is 7.62. The largest absolute Gasteiger partial charge is 0.465 e. The molecule has 7 heteroatoms. The molecule has 0 spiro atoms. The van der Waals surface area contributed by atoms with Crippen LogP contribution in [0.2, 0.25) is 0 Å². The molecule has 1 N–H and O–H groups in total. The first-order valence-electron chi connectivity index (χ1n) is 10.7. The summed E-state index contributed by atoms with van der Waals surface area (Å²) in [6.45, 7) is 0.181. The normalized spacial score (nSPS) is 10.5. The van der Waals surface area contributed by atoms with Crippen LogP contribution in [0.5, 0.6) is 11.5 Å². The highest BCUT2D eigenvalue weighted by molar-refractivity contribution is 5.98. The van der Waals surface area contributed by atoms with Crippen LogP contribution in [-0.4, -0.2) is 19.0 Å². The van der Waals surface area contributed by atoms with Crippen molar-refractivity contribution in [3.8, 4) is 22.6 Å². The third kappa shape index (κ3) is 5.70. The zero-order valence-corrected chi connectivity index (χ0v) is 18.8. The first-order valence-corrected chi connectivity index (χ1v) is 10.7. The second-order valence-corrected chi connectivity index (χ2v) is 7.62. The minimum atomic E-state index is -0.451. The monoisotopic (exact) mass is 473 g/mol. The number of rotatable bonds is 7. The van der Waals surface area contributed by atoms with E-state index in [1.165, 1.54) is 37.4 Å². The summed E-state index contributed by atoms with van der Waals surface area (Å²) < 4.78 is 38.2. The van der Waals surface area contributed by atoms with Gasteiger partial charge >= 0.3 is 5.97 Å². The Balaban J connectivity index is 1.61. The molecule has 0 heterocycles. The number of carbonyl (C=O) groups excluding carboxylic acids is 2. The van der Waals surface area contributed by atoms with Gasteiger partial charge in [-0.2, -0.15) is 0 Å². The molecule has 0 radical (unpaired) electrons. The molecule has 0 aliphatic heterocycles. The molecule has 5 nitrogen and oxygen atoms in total. The summed E-state index contributed by atoms with van der Waals surface area (Å²) >= 11 is 0. The molecule has 0 aliphatic rings. The van der Waals surface area contributed by atoms with Gasteiger partial charge in [0.05, 0.1) is 18.2 Å². The van der Waals surface area contributed by atoms with Gasteiger partial charge in [0.1, 0.15) is 23.1 Å². The molecule has 4 aromatic rings. The molecule has 0 aliphatic carbocycles. The lowest BCUT2D eigenvalue weighted by Crippen LogP contribution is -2.23. The minimum absolute atomic E-state index is 0.181. The lowest BCUT2D eigenvalue weighted by Gasteiger charge is -2.14. The molecule has 0 atom stereocenters. The highest BCUT2D eigenvalue weighted by atomic mass is 19.1. The van der Waals surface area contributed by atoms with E-state index in [1.807, 2.05) is 0 Å². The SMILES string of the molecule is COC(=O)c1ccc(CNC(=O)c2cc(-c3ccccc3F)ccc2Oc2ccc(F)cc2)cc1. The Morgan fingerprint density at radius 1 is 0.857 bits per heavy atom.